The summed E-state index contributed by atoms with van der Waals surface area (Å²) in [7, 11) is 0. The van der Waals surface area contributed by atoms with E-state index in [1.807, 2.05) is 0 Å². The van der Waals surface area contributed by atoms with Crippen LogP contribution in [0.1, 0.15) is 18.4 Å². The molecule has 0 bridgehead atoms. The second-order valence-corrected chi connectivity index (χ2v) is 4.59. The average molecular weight is 232 g/mol. The predicted molar refractivity (Wildman–Crippen MR) is 56.2 cm³/mol. The molecule has 1 fully saturated rings. The lowest BCUT2D eigenvalue weighted by molar-refractivity contribution is 0.0444. The lowest BCUT2D eigenvalue weighted by atomic mass is 9.74. The Hall–Kier alpha value is -0.670. The summed E-state index contributed by atoms with van der Waals surface area (Å²) in [6.45, 7) is 0. The van der Waals surface area contributed by atoms with Crippen molar-refractivity contribution in [3.63, 3.8) is 0 Å². The summed E-state index contributed by atoms with van der Waals surface area (Å²) in [4.78, 5) is 0. The molecule has 0 spiro atoms. The van der Waals surface area contributed by atoms with Gasteiger partial charge in [0.2, 0.25) is 0 Å². The summed E-state index contributed by atoms with van der Waals surface area (Å²) in [5, 5.41) is 0.0231. The second-order valence-electron chi connectivity index (χ2n) is 4.21. The molecule has 1 aromatic carbocycles. The summed E-state index contributed by atoms with van der Waals surface area (Å²) < 4.78 is 27.0. The molecule has 0 radical (unpaired) electrons. The van der Waals surface area contributed by atoms with Crippen LogP contribution in [0, 0.1) is 5.82 Å². The average Bonchev–Trinajstić information content (AvgIpc) is 2.11. The van der Waals surface area contributed by atoms with E-state index in [4.69, 9.17) is 17.3 Å². The van der Waals surface area contributed by atoms with Crippen molar-refractivity contribution in [1.29, 1.82) is 0 Å². The van der Waals surface area contributed by atoms with Gasteiger partial charge in [-0.2, -0.15) is 0 Å². The number of nitrogens with two attached hydrogens (primary N) is 1. The molecule has 15 heavy (non-hydrogen) atoms. The Morgan fingerprint density at radius 2 is 2.13 bits per heavy atom. The van der Waals surface area contributed by atoms with Crippen LogP contribution >= 0.6 is 11.6 Å². The van der Waals surface area contributed by atoms with Crippen LogP contribution in [0.15, 0.2) is 18.2 Å². The van der Waals surface area contributed by atoms with Gasteiger partial charge < -0.3 is 5.73 Å². The number of benzene rings is 1. The minimum Gasteiger partial charge on any atom is -0.327 e. The first-order chi connectivity index (χ1) is 7.00. The maximum absolute atomic E-state index is 13.9. The van der Waals surface area contributed by atoms with E-state index in [0.29, 0.717) is 18.4 Å². The van der Waals surface area contributed by atoms with Crippen molar-refractivity contribution in [2.75, 3.05) is 0 Å². The Bertz CT molecular complexity index is 375. The molecule has 0 heterocycles. The molecule has 2 rings (SSSR count). The van der Waals surface area contributed by atoms with Crippen molar-refractivity contribution >= 4 is 11.6 Å². The number of hydrogen-bond acceptors (Lipinski definition) is 1. The van der Waals surface area contributed by atoms with Gasteiger partial charge in [0.25, 0.3) is 0 Å². The van der Waals surface area contributed by atoms with Crippen molar-refractivity contribution in [2.24, 2.45) is 5.73 Å². The normalized spacial score (nSPS) is 30.0. The standard InChI is InChI=1S/C11H12ClF2N/c12-10-7(2-1-3-9(10)13)4-11(14)5-8(15)6-11/h1-3,8H,4-6,15H2. The highest BCUT2D eigenvalue weighted by Gasteiger charge is 2.43. The molecule has 1 aliphatic rings. The van der Waals surface area contributed by atoms with Gasteiger partial charge in [0.15, 0.2) is 0 Å². The summed E-state index contributed by atoms with van der Waals surface area (Å²) in [5.41, 5.74) is 4.75. The molecule has 0 amide bonds. The van der Waals surface area contributed by atoms with Gasteiger partial charge in [-0.15, -0.1) is 0 Å². The third kappa shape index (κ3) is 2.13. The van der Waals surface area contributed by atoms with Gasteiger partial charge in [-0.3, -0.25) is 0 Å². The summed E-state index contributed by atoms with van der Waals surface area (Å²) >= 11 is 5.74. The molecular weight excluding hydrogens is 220 g/mol. The Balaban J connectivity index is 2.15. The molecule has 1 aliphatic carbocycles. The molecule has 0 saturated heterocycles. The van der Waals surface area contributed by atoms with Gasteiger partial charge in [0, 0.05) is 12.5 Å². The minimum absolute atomic E-state index is 0.0231. The third-order valence-corrected chi connectivity index (χ3v) is 3.22. The third-order valence-electron chi connectivity index (χ3n) is 2.79. The molecule has 0 aromatic heterocycles. The Labute approximate surface area is 92.2 Å². The molecule has 82 valence electrons. The SMILES string of the molecule is NC1CC(F)(Cc2cccc(F)c2Cl)C1. The molecule has 0 atom stereocenters. The largest absolute Gasteiger partial charge is 0.327 e. The Morgan fingerprint density at radius 3 is 2.73 bits per heavy atom. The number of halogens is 3. The molecule has 0 aliphatic heterocycles. The van der Waals surface area contributed by atoms with Crippen molar-refractivity contribution in [1.82, 2.24) is 0 Å². The molecule has 4 heteroatoms. The quantitative estimate of drug-likeness (QED) is 0.832. The van der Waals surface area contributed by atoms with Crippen LogP contribution in [-0.4, -0.2) is 11.7 Å². The molecule has 2 N–H and O–H groups in total. The van der Waals surface area contributed by atoms with Gasteiger partial charge in [0.1, 0.15) is 11.5 Å². The predicted octanol–water partition coefficient (Wildman–Crippen LogP) is 2.85. The van der Waals surface area contributed by atoms with Crippen molar-refractivity contribution < 1.29 is 8.78 Å². The van der Waals surface area contributed by atoms with E-state index in [0.717, 1.165) is 0 Å². The zero-order valence-corrected chi connectivity index (χ0v) is 8.90. The zero-order valence-electron chi connectivity index (χ0n) is 8.14. The monoisotopic (exact) mass is 231 g/mol. The fourth-order valence-corrected chi connectivity index (χ4v) is 2.24. The van der Waals surface area contributed by atoms with E-state index in [1.54, 1.807) is 12.1 Å². The van der Waals surface area contributed by atoms with E-state index in [1.165, 1.54) is 6.07 Å². The van der Waals surface area contributed by atoms with Crippen LogP contribution in [0.4, 0.5) is 8.78 Å². The van der Waals surface area contributed by atoms with Gasteiger partial charge >= 0.3 is 0 Å². The zero-order chi connectivity index (χ0) is 11.1. The smallest absolute Gasteiger partial charge is 0.142 e. The van der Waals surface area contributed by atoms with E-state index >= 15 is 0 Å². The molecular formula is C11H12ClF2N. The highest BCUT2D eigenvalue weighted by atomic mass is 35.5. The Kier molecular flexibility index (Phi) is 2.69. The summed E-state index contributed by atoms with van der Waals surface area (Å²) in [6.07, 6.45) is 0.816. The molecule has 1 nitrogen and oxygen atoms in total. The van der Waals surface area contributed by atoms with Gasteiger partial charge in [-0.1, -0.05) is 23.7 Å². The second kappa shape index (κ2) is 3.72. The highest BCUT2D eigenvalue weighted by molar-refractivity contribution is 6.31. The number of alkyl halides is 1. The van der Waals surface area contributed by atoms with E-state index < -0.39 is 11.5 Å². The van der Waals surface area contributed by atoms with Gasteiger partial charge in [-0.25, -0.2) is 8.78 Å². The van der Waals surface area contributed by atoms with Crippen molar-refractivity contribution in [3.8, 4) is 0 Å². The van der Waals surface area contributed by atoms with E-state index in [2.05, 4.69) is 0 Å². The van der Waals surface area contributed by atoms with Gasteiger partial charge in [0.05, 0.1) is 5.02 Å². The maximum atomic E-state index is 13.9. The number of hydrogen-bond donors (Lipinski definition) is 1. The lowest BCUT2D eigenvalue weighted by Crippen LogP contribution is -2.49. The summed E-state index contributed by atoms with van der Waals surface area (Å²) in [6, 6.07) is 4.39. The maximum Gasteiger partial charge on any atom is 0.142 e. The minimum atomic E-state index is -1.29. The first-order valence-corrected chi connectivity index (χ1v) is 5.25. The first-order valence-electron chi connectivity index (χ1n) is 4.88. The van der Waals surface area contributed by atoms with Crippen LogP contribution in [0.5, 0.6) is 0 Å². The van der Waals surface area contributed by atoms with Crippen LogP contribution in [0.2, 0.25) is 5.02 Å². The van der Waals surface area contributed by atoms with E-state index in [-0.39, 0.29) is 17.5 Å². The fourth-order valence-electron chi connectivity index (χ4n) is 2.05. The van der Waals surface area contributed by atoms with Gasteiger partial charge in [-0.05, 0) is 24.5 Å². The lowest BCUT2D eigenvalue weighted by Gasteiger charge is -2.39. The summed E-state index contributed by atoms with van der Waals surface area (Å²) in [5.74, 6) is -0.499. The van der Waals surface area contributed by atoms with Crippen LogP contribution in [0.3, 0.4) is 0 Å². The highest BCUT2D eigenvalue weighted by Crippen LogP contribution is 2.39. The molecule has 1 saturated carbocycles. The molecule has 1 aromatic rings. The number of rotatable bonds is 2. The van der Waals surface area contributed by atoms with Crippen LogP contribution in [-0.2, 0) is 6.42 Å². The first kappa shape index (κ1) is 10.8. The fraction of sp³-hybridized carbons (Fsp3) is 0.455. The van der Waals surface area contributed by atoms with Crippen LogP contribution < -0.4 is 5.73 Å². The van der Waals surface area contributed by atoms with E-state index in [9.17, 15) is 8.78 Å². The molecule has 0 unspecified atom stereocenters. The van der Waals surface area contributed by atoms with Crippen molar-refractivity contribution in [3.05, 3.63) is 34.6 Å². The Morgan fingerprint density at radius 1 is 1.47 bits per heavy atom. The van der Waals surface area contributed by atoms with Crippen molar-refractivity contribution in [2.45, 2.75) is 31.0 Å². The topological polar surface area (TPSA) is 26.0 Å². The van der Waals surface area contributed by atoms with Crippen LogP contribution in [0.25, 0.3) is 0 Å².